The molecule has 4 aromatic rings. The van der Waals surface area contributed by atoms with E-state index in [-0.39, 0.29) is 0 Å². The molecule has 1 atom stereocenters. The van der Waals surface area contributed by atoms with Gasteiger partial charge in [-0.05, 0) is 43.5 Å². The Morgan fingerprint density at radius 2 is 1.97 bits per heavy atom. The van der Waals surface area contributed by atoms with Crippen LogP contribution >= 0.6 is 11.3 Å². The second-order valence-electron chi connectivity index (χ2n) is 9.29. The normalized spacial score (nSPS) is 16.8. The van der Waals surface area contributed by atoms with E-state index in [2.05, 4.69) is 54.2 Å². The zero-order chi connectivity index (χ0) is 26.0. The summed E-state index contributed by atoms with van der Waals surface area (Å²) in [6.45, 7) is 6.49. The lowest BCUT2D eigenvalue weighted by molar-refractivity contribution is 0.121. The van der Waals surface area contributed by atoms with Gasteiger partial charge >= 0.3 is 0 Å². The van der Waals surface area contributed by atoms with E-state index in [4.69, 9.17) is 9.72 Å². The van der Waals surface area contributed by atoms with Gasteiger partial charge in [-0.2, -0.15) is 10.1 Å². The molecule has 1 unspecified atom stereocenters. The Kier molecular flexibility index (Phi) is 6.68. The highest BCUT2D eigenvalue weighted by molar-refractivity contribution is 7.09. The van der Waals surface area contributed by atoms with Crippen LogP contribution in [0.4, 0.5) is 29.0 Å². The highest BCUT2D eigenvalue weighted by atomic mass is 32.1. The Bertz CT molecular complexity index is 1470. The third kappa shape index (κ3) is 5.19. The number of benzene rings is 1. The van der Waals surface area contributed by atoms with Gasteiger partial charge in [0.1, 0.15) is 22.3 Å². The van der Waals surface area contributed by atoms with Crippen molar-refractivity contribution in [3.63, 3.8) is 0 Å². The minimum absolute atomic E-state index is 0.526. The summed E-state index contributed by atoms with van der Waals surface area (Å²) < 4.78 is 7.42. The first-order chi connectivity index (χ1) is 18.5. The topological polar surface area (TPSA) is 104 Å². The van der Waals surface area contributed by atoms with Gasteiger partial charge in [-0.1, -0.05) is 12.0 Å². The van der Waals surface area contributed by atoms with Gasteiger partial charge in [0.05, 0.1) is 13.2 Å². The maximum Gasteiger partial charge on any atom is 0.229 e. The van der Waals surface area contributed by atoms with Crippen LogP contribution in [0.2, 0.25) is 0 Å². The van der Waals surface area contributed by atoms with Crippen molar-refractivity contribution >= 4 is 40.3 Å². The van der Waals surface area contributed by atoms with Crippen LogP contribution in [0.5, 0.6) is 0 Å². The zero-order valence-electron chi connectivity index (χ0n) is 21.0. The number of fused-ring (bicyclic) bond motifs is 1. The van der Waals surface area contributed by atoms with Crippen LogP contribution < -0.4 is 15.1 Å². The molecule has 5 heterocycles. The second kappa shape index (κ2) is 10.4. The van der Waals surface area contributed by atoms with Crippen molar-refractivity contribution in [3.8, 4) is 11.8 Å². The molecular formula is C27H28N8O2S. The molecule has 0 aliphatic carbocycles. The van der Waals surface area contributed by atoms with E-state index >= 15 is 0 Å². The minimum Gasteiger partial charge on any atom is -0.378 e. The third-order valence-electron chi connectivity index (χ3n) is 6.47. The Morgan fingerprint density at radius 3 is 2.82 bits per heavy atom. The molecule has 0 amide bonds. The highest BCUT2D eigenvalue weighted by Crippen LogP contribution is 2.30. The molecule has 6 rings (SSSR count). The number of anilines is 5. The molecule has 1 fully saturated rings. The number of ether oxygens (including phenoxy) is 1. The fourth-order valence-corrected chi connectivity index (χ4v) is 5.22. The van der Waals surface area contributed by atoms with Crippen molar-refractivity contribution in [3.05, 3.63) is 64.9 Å². The number of aryl methyl sites for hydroxylation is 1. The van der Waals surface area contributed by atoms with Crippen LogP contribution in [-0.2, 0) is 16.9 Å². The molecule has 3 aromatic heterocycles. The Hall–Kier alpha value is -3.98. The van der Waals surface area contributed by atoms with E-state index in [1.54, 1.807) is 19.3 Å². The van der Waals surface area contributed by atoms with Crippen LogP contribution in [-0.4, -0.2) is 62.7 Å². The van der Waals surface area contributed by atoms with Crippen molar-refractivity contribution in [1.82, 2.24) is 24.7 Å². The molecule has 2 aliphatic rings. The Morgan fingerprint density at radius 1 is 1.08 bits per heavy atom. The fourth-order valence-electron chi connectivity index (χ4n) is 4.57. The average molecular weight is 529 g/mol. The summed E-state index contributed by atoms with van der Waals surface area (Å²) in [5.74, 6) is 8.16. The van der Waals surface area contributed by atoms with E-state index < -0.39 is 5.60 Å². The van der Waals surface area contributed by atoms with E-state index in [0.717, 1.165) is 68.8 Å². The number of hydrogen-bond acceptors (Lipinski definition) is 10. The smallest absolute Gasteiger partial charge is 0.229 e. The number of morpholine rings is 1. The molecule has 38 heavy (non-hydrogen) atoms. The lowest BCUT2D eigenvalue weighted by atomic mass is 10.1. The highest BCUT2D eigenvalue weighted by Gasteiger charge is 2.25. The van der Waals surface area contributed by atoms with Crippen LogP contribution in [0.15, 0.2) is 54.2 Å². The summed E-state index contributed by atoms with van der Waals surface area (Å²) in [6, 6.07) is 12.1. The molecule has 0 bridgehead atoms. The van der Waals surface area contributed by atoms with E-state index in [0.29, 0.717) is 16.6 Å². The van der Waals surface area contributed by atoms with Crippen molar-refractivity contribution in [2.75, 3.05) is 48.0 Å². The lowest BCUT2D eigenvalue weighted by Crippen LogP contribution is -2.36. The molecule has 0 saturated carbocycles. The van der Waals surface area contributed by atoms with E-state index in [1.807, 2.05) is 34.3 Å². The molecule has 1 saturated heterocycles. The third-order valence-corrected chi connectivity index (χ3v) is 7.45. The first-order valence-electron chi connectivity index (χ1n) is 12.6. The van der Waals surface area contributed by atoms with Crippen molar-refractivity contribution in [2.24, 2.45) is 0 Å². The number of nitrogens with one attached hydrogen (secondary N) is 1. The van der Waals surface area contributed by atoms with Gasteiger partial charge in [-0.3, -0.25) is 0 Å². The number of aliphatic hydroxyl groups is 1. The maximum absolute atomic E-state index is 10.7. The summed E-state index contributed by atoms with van der Waals surface area (Å²) in [6.07, 6.45) is 4.35. The standard InChI is InChI=1S/C27H28N8O2S/c1-27(36,25-28-10-17-38-25)8-6-21-19-24-34(11-3-12-35(24)32-21)23-7-9-29-26(31-23)30-20-4-2-5-22(18-20)33-13-15-37-16-14-33/h2,4-5,7,9-10,17-19,36H,3,11-16H2,1H3,(H,29,30,31). The molecule has 2 aliphatic heterocycles. The van der Waals surface area contributed by atoms with Crippen LogP contribution in [0.25, 0.3) is 0 Å². The summed E-state index contributed by atoms with van der Waals surface area (Å²) in [7, 11) is 0. The van der Waals surface area contributed by atoms with E-state index in [9.17, 15) is 5.11 Å². The molecule has 10 nitrogen and oxygen atoms in total. The predicted molar refractivity (Wildman–Crippen MR) is 147 cm³/mol. The summed E-state index contributed by atoms with van der Waals surface area (Å²) in [5, 5.41) is 21.1. The first-order valence-corrected chi connectivity index (χ1v) is 13.5. The Balaban J connectivity index is 1.22. The van der Waals surface area contributed by atoms with Gasteiger partial charge in [-0.15, -0.1) is 11.3 Å². The summed E-state index contributed by atoms with van der Waals surface area (Å²) in [4.78, 5) is 17.9. The number of rotatable bonds is 5. The molecular weight excluding hydrogens is 500 g/mol. The van der Waals surface area contributed by atoms with Crippen LogP contribution in [0.3, 0.4) is 0 Å². The maximum atomic E-state index is 10.7. The fraction of sp³-hybridized carbons (Fsp3) is 0.333. The van der Waals surface area contributed by atoms with E-state index in [1.165, 1.54) is 11.3 Å². The van der Waals surface area contributed by atoms with Crippen molar-refractivity contribution < 1.29 is 9.84 Å². The quantitative estimate of drug-likeness (QED) is 0.377. The van der Waals surface area contributed by atoms with Gasteiger partial charge in [0.25, 0.3) is 0 Å². The summed E-state index contributed by atoms with van der Waals surface area (Å²) in [5.41, 5.74) is 1.34. The predicted octanol–water partition coefficient (Wildman–Crippen LogP) is 3.51. The van der Waals surface area contributed by atoms with Crippen LogP contribution in [0, 0.1) is 11.8 Å². The number of hydrogen-bond donors (Lipinski definition) is 2. The largest absolute Gasteiger partial charge is 0.378 e. The number of thiazole rings is 1. The molecule has 11 heteroatoms. The first kappa shape index (κ1) is 24.4. The molecule has 0 radical (unpaired) electrons. The van der Waals surface area contributed by atoms with Gasteiger partial charge < -0.3 is 25.0 Å². The van der Waals surface area contributed by atoms with Gasteiger partial charge in [0, 0.05) is 61.4 Å². The van der Waals surface area contributed by atoms with Gasteiger partial charge in [0.2, 0.25) is 5.95 Å². The van der Waals surface area contributed by atoms with Crippen molar-refractivity contribution in [1.29, 1.82) is 0 Å². The summed E-state index contributed by atoms with van der Waals surface area (Å²) >= 11 is 1.37. The average Bonchev–Trinajstić information content (AvgIpc) is 3.64. The van der Waals surface area contributed by atoms with Gasteiger partial charge in [-0.25, -0.2) is 14.6 Å². The molecule has 1 aromatic carbocycles. The van der Waals surface area contributed by atoms with Crippen molar-refractivity contribution in [2.45, 2.75) is 25.5 Å². The molecule has 2 N–H and O–H groups in total. The molecule has 194 valence electrons. The van der Waals surface area contributed by atoms with Gasteiger partial charge in [0.15, 0.2) is 5.60 Å². The number of aromatic nitrogens is 5. The monoisotopic (exact) mass is 528 g/mol. The number of nitrogens with zero attached hydrogens (tertiary/aromatic N) is 7. The second-order valence-corrected chi connectivity index (χ2v) is 10.2. The molecule has 0 spiro atoms. The Labute approximate surface area is 224 Å². The minimum atomic E-state index is -1.33. The zero-order valence-corrected chi connectivity index (χ0v) is 21.9. The van der Waals surface area contributed by atoms with Crippen LogP contribution in [0.1, 0.15) is 24.0 Å². The lowest BCUT2D eigenvalue weighted by Gasteiger charge is -2.29. The SMILES string of the molecule is CC(O)(C#Cc1cc2n(n1)CCCN2c1ccnc(Nc2cccc(N3CCOCC3)c2)n1)c1nccs1.